The lowest BCUT2D eigenvalue weighted by Gasteiger charge is -2.39. The summed E-state index contributed by atoms with van der Waals surface area (Å²) in [6.07, 6.45) is 3.17. The summed E-state index contributed by atoms with van der Waals surface area (Å²) < 4.78 is 10.5. The topological polar surface area (TPSA) is 114 Å². The number of hydrogen-bond acceptors (Lipinski definition) is 7. The lowest BCUT2D eigenvalue weighted by Crippen LogP contribution is -2.55. The Morgan fingerprint density at radius 3 is 2.29 bits per heavy atom. The number of aryl methyl sites for hydroxylation is 1. The van der Waals surface area contributed by atoms with Crippen LogP contribution in [-0.2, 0) is 23.9 Å². The molecule has 0 saturated carbocycles. The molecule has 9 nitrogen and oxygen atoms in total. The van der Waals surface area contributed by atoms with Crippen LogP contribution >= 0.6 is 11.8 Å². The number of nitrogens with zero attached hydrogens (tertiary/aromatic N) is 1. The maximum absolute atomic E-state index is 14.4. The van der Waals surface area contributed by atoms with Crippen molar-refractivity contribution in [2.45, 2.75) is 105 Å². The average Bonchev–Trinajstić information content (AvgIpc) is 2.86. The summed E-state index contributed by atoms with van der Waals surface area (Å²) in [5.41, 5.74) is 0.869. The van der Waals surface area contributed by atoms with E-state index in [1.807, 2.05) is 44.4 Å². The van der Waals surface area contributed by atoms with Gasteiger partial charge in [0.25, 0.3) is 0 Å². The molecule has 0 aliphatic heterocycles. The largest absolute Gasteiger partial charge is 0.466 e. The van der Waals surface area contributed by atoms with Gasteiger partial charge in [-0.2, -0.15) is 11.8 Å². The first-order valence-corrected chi connectivity index (χ1v) is 15.9. The molecule has 0 bridgehead atoms. The van der Waals surface area contributed by atoms with Gasteiger partial charge in [0, 0.05) is 12.6 Å². The first-order chi connectivity index (χ1) is 19.2. The Morgan fingerprint density at radius 2 is 1.73 bits per heavy atom. The molecule has 2 N–H and O–H groups in total. The third-order valence-electron chi connectivity index (χ3n) is 6.31. The van der Waals surface area contributed by atoms with Gasteiger partial charge in [-0.3, -0.25) is 14.4 Å². The average molecular weight is 594 g/mol. The number of rotatable bonds is 16. The number of carbonyl (C=O) groups excluding carboxylic acids is 4. The van der Waals surface area contributed by atoms with Gasteiger partial charge in [-0.1, -0.05) is 43.7 Å². The Morgan fingerprint density at radius 1 is 1.05 bits per heavy atom. The summed E-state index contributed by atoms with van der Waals surface area (Å²) in [6, 6.07) is 5.33. The molecule has 0 radical (unpaired) electrons. The summed E-state index contributed by atoms with van der Waals surface area (Å²) in [6.45, 7) is 15.5. The molecule has 1 aromatic carbocycles. The van der Waals surface area contributed by atoms with E-state index in [2.05, 4.69) is 24.5 Å². The molecule has 0 saturated heterocycles. The molecule has 0 aliphatic carbocycles. The van der Waals surface area contributed by atoms with Gasteiger partial charge in [-0.15, -0.1) is 0 Å². The van der Waals surface area contributed by atoms with Gasteiger partial charge in [-0.05, 0) is 84.3 Å². The summed E-state index contributed by atoms with van der Waals surface area (Å²) in [5.74, 6) is -0.130. The van der Waals surface area contributed by atoms with E-state index in [1.165, 1.54) is 0 Å². The monoisotopic (exact) mass is 593 g/mol. The van der Waals surface area contributed by atoms with Crippen molar-refractivity contribution in [3.63, 3.8) is 0 Å². The molecule has 0 aromatic heterocycles. The van der Waals surface area contributed by atoms with Crippen molar-refractivity contribution in [2.24, 2.45) is 5.92 Å². The predicted octanol–water partition coefficient (Wildman–Crippen LogP) is 5.41. The number of esters is 1. The number of alkyl carbamates (subject to hydrolysis) is 1. The Hall–Kier alpha value is -2.75. The normalized spacial score (nSPS) is 13.6. The van der Waals surface area contributed by atoms with E-state index >= 15 is 0 Å². The maximum Gasteiger partial charge on any atom is 0.408 e. The molecule has 3 unspecified atom stereocenters. The minimum atomic E-state index is -0.969. The Balaban J connectivity index is 3.54. The molecule has 10 heteroatoms. The predicted molar refractivity (Wildman–Crippen MR) is 165 cm³/mol. The molecule has 1 aromatic rings. The zero-order chi connectivity index (χ0) is 31.2. The van der Waals surface area contributed by atoms with Crippen LogP contribution in [0, 0.1) is 12.8 Å². The van der Waals surface area contributed by atoms with Crippen molar-refractivity contribution >= 4 is 35.6 Å². The molecule has 3 amide bonds. The lowest BCUT2D eigenvalue weighted by atomic mass is 9.96. The quantitative estimate of drug-likeness (QED) is 0.247. The Labute approximate surface area is 250 Å². The van der Waals surface area contributed by atoms with Gasteiger partial charge < -0.3 is 25.0 Å². The molecule has 232 valence electrons. The van der Waals surface area contributed by atoms with E-state index in [4.69, 9.17) is 9.47 Å². The highest BCUT2D eigenvalue weighted by Gasteiger charge is 2.38. The van der Waals surface area contributed by atoms with Crippen LogP contribution in [0.1, 0.15) is 91.3 Å². The third-order valence-corrected chi connectivity index (χ3v) is 6.95. The van der Waals surface area contributed by atoms with E-state index in [0.717, 1.165) is 12.0 Å². The zero-order valence-electron chi connectivity index (χ0n) is 26.4. The molecule has 0 spiro atoms. The molecule has 0 heterocycles. The van der Waals surface area contributed by atoms with Crippen LogP contribution in [0.4, 0.5) is 4.79 Å². The van der Waals surface area contributed by atoms with Gasteiger partial charge in [0.2, 0.25) is 11.8 Å². The Kier molecular flexibility index (Phi) is 15.9. The minimum absolute atomic E-state index is 0.0213. The van der Waals surface area contributed by atoms with Gasteiger partial charge in [0.15, 0.2) is 0 Å². The number of hydrogen-bond donors (Lipinski definition) is 2. The number of thioether (sulfide) groups is 1. The van der Waals surface area contributed by atoms with Crippen LogP contribution < -0.4 is 10.6 Å². The van der Waals surface area contributed by atoms with E-state index in [9.17, 15) is 19.2 Å². The van der Waals surface area contributed by atoms with Crippen LogP contribution in [0.2, 0.25) is 0 Å². The van der Waals surface area contributed by atoms with Crippen LogP contribution in [0.3, 0.4) is 0 Å². The molecule has 41 heavy (non-hydrogen) atoms. The number of carbonyl (C=O) groups is 4. The second kappa shape index (κ2) is 17.9. The smallest absolute Gasteiger partial charge is 0.408 e. The summed E-state index contributed by atoms with van der Waals surface area (Å²) in [5, 5.41) is 5.63. The van der Waals surface area contributed by atoms with E-state index in [1.54, 1.807) is 44.4 Å². The molecular weight excluding hydrogens is 542 g/mol. The molecule has 3 atom stereocenters. The van der Waals surface area contributed by atoms with Crippen LogP contribution in [0.5, 0.6) is 0 Å². The fraction of sp³-hybridized carbons (Fsp3) is 0.677. The molecular formula is C31H51N3O6S. The lowest BCUT2D eigenvalue weighted by molar-refractivity contribution is -0.146. The van der Waals surface area contributed by atoms with Crippen LogP contribution in [0.25, 0.3) is 0 Å². The fourth-order valence-corrected chi connectivity index (χ4v) is 4.80. The third kappa shape index (κ3) is 13.6. The van der Waals surface area contributed by atoms with Crippen molar-refractivity contribution in [1.82, 2.24) is 15.5 Å². The van der Waals surface area contributed by atoms with Gasteiger partial charge in [-0.25, -0.2) is 4.79 Å². The highest BCUT2D eigenvalue weighted by Crippen LogP contribution is 2.28. The summed E-state index contributed by atoms with van der Waals surface area (Å²) >= 11 is 1.57. The van der Waals surface area contributed by atoms with Crippen molar-refractivity contribution in [3.8, 4) is 0 Å². The van der Waals surface area contributed by atoms with Crippen molar-refractivity contribution in [1.29, 1.82) is 0 Å². The molecule has 0 aliphatic rings. The van der Waals surface area contributed by atoms with Gasteiger partial charge >= 0.3 is 12.1 Å². The number of benzene rings is 1. The molecule has 0 fully saturated rings. The summed E-state index contributed by atoms with van der Waals surface area (Å²) in [4.78, 5) is 54.6. The van der Waals surface area contributed by atoms with Crippen molar-refractivity contribution < 1.29 is 28.7 Å². The van der Waals surface area contributed by atoms with E-state index < -0.39 is 35.7 Å². The second-order valence-corrected chi connectivity index (χ2v) is 12.7. The maximum atomic E-state index is 14.4. The second-order valence-electron chi connectivity index (χ2n) is 11.7. The number of nitrogens with one attached hydrogen (secondary N) is 2. The minimum Gasteiger partial charge on any atom is -0.466 e. The Bertz CT molecular complexity index is 994. The molecule has 1 rings (SSSR count). The highest BCUT2D eigenvalue weighted by molar-refractivity contribution is 7.98. The van der Waals surface area contributed by atoms with E-state index in [0.29, 0.717) is 30.1 Å². The highest BCUT2D eigenvalue weighted by atomic mass is 32.2. The van der Waals surface area contributed by atoms with E-state index in [-0.39, 0.29) is 31.5 Å². The fourth-order valence-electron chi connectivity index (χ4n) is 4.33. The number of amides is 3. The van der Waals surface area contributed by atoms with Crippen molar-refractivity contribution in [3.05, 3.63) is 35.4 Å². The van der Waals surface area contributed by atoms with Gasteiger partial charge in [0.1, 0.15) is 17.7 Å². The first kappa shape index (κ1) is 36.3. The summed E-state index contributed by atoms with van der Waals surface area (Å²) in [7, 11) is 0. The zero-order valence-corrected chi connectivity index (χ0v) is 27.2. The van der Waals surface area contributed by atoms with Crippen LogP contribution in [0.15, 0.2) is 24.3 Å². The number of ether oxygens (including phenoxy) is 2. The SMILES string of the molecule is CCOC(=O)CCNC(=O)C(c1cccc(C)c1)N(C(=O)C(CCSC)NC(=O)OC(C)(C)C)C(C)CCC(C)C. The first-order valence-electron chi connectivity index (χ1n) is 14.5. The van der Waals surface area contributed by atoms with Gasteiger partial charge in [0.05, 0.1) is 13.0 Å². The van der Waals surface area contributed by atoms with Crippen LogP contribution in [-0.4, -0.2) is 71.6 Å². The standard InChI is InChI=1S/C31H51N3O6S/c1-10-39-26(35)16-18-32-28(36)27(24-13-11-12-22(4)20-24)34(23(5)15-14-21(2)3)29(37)25(17-19-41-9)33-30(38)40-31(6,7)8/h11-13,20-21,23,25,27H,10,14-19H2,1-9H3,(H,32,36)(H,33,38). The van der Waals surface area contributed by atoms with Crippen molar-refractivity contribution in [2.75, 3.05) is 25.2 Å².